The van der Waals surface area contributed by atoms with Gasteiger partial charge in [0, 0.05) is 18.9 Å². The van der Waals surface area contributed by atoms with E-state index in [0.717, 1.165) is 35.4 Å². The Balaban J connectivity index is 1.37. The number of benzene rings is 2. The SMILES string of the molecule is CC(C)(C)c1ccc(OCCn2c(CCNC(=O)C3CCCCC3)nc3ccccc32)cc1. The number of nitrogens with zero attached hydrogens (tertiary/aromatic N) is 2. The summed E-state index contributed by atoms with van der Waals surface area (Å²) < 4.78 is 8.28. The summed E-state index contributed by atoms with van der Waals surface area (Å²) in [6.45, 7) is 8.54. The van der Waals surface area contributed by atoms with Crippen LogP contribution in [-0.4, -0.2) is 28.6 Å². The van der Waals surface area contributed by atoms with E-state index in [9.17, 15) is 4.79 Å². The maximum Gasteiger partial charge on any atom is 0.223 e. The third-order valence-electron chi connectivity index (χ3n) is 6.66. The molecule has 1 aliphatic rings. The molecule has 5 heteroatoms. The number of hydrogen-bond acceptors (Lipinski definition) is 3. The zero-order valence-corrected chi connectivity index (χ0v) is 20.3. The normalized spacial score (nSPS) is 15.0. The summed E-state index contributed by atoms with van der Waals surface area (Å²) in [4.78, 5) is 17.3. The number of hydrogen-bond donors (Lipinski definition) is 1. The molecule has 0 saturated heterocycles. The van der Waals surface area contributed by atoms with E-state index in [1.807, 2.05) is 30.3 Å². The quantitative estimate of drug-likeness (QED) is 0.485. The second kappa shape index (κ2) is 10.4. The maximum absolute atomic E-state index is 12.5. The van der Waals surface area contributed by atoms with Crippen LogP contribution in [0.1, 0.15) is 64.3 Å². The van der Waals surface area contributed by atoms with E-state index in [-0.39, 0.29) is 17.2 Å². The van der Waals surface area contributed by atoms with Crippen LogP contribution in [0.4, 0.5) is 0 Å². The van der Waals surface area contributed by atoms with Gasteiger partial charge in [-0.25, -0.2) is 4.98 Å². The fraction of sp³-hybridized carbons (Fsp3) is 0.500. The van der Waals surface area contributed by atoms with E-state index in [0.29, 0.717) is 26.1 Å². The monoisotopic (exact) mass is 447 g/mol. The van der Waals surface area contributed by atoms with E-state index >= 15 is 0 Å². The van der Waals surface area contributed by atoms with Crippen molar-refractivity contribution in [2.45, 2.75) is 71.3 Å². The van der Waals surface area contributed by atoms with Crippen LogP contribution in [0.15, 0.2) is 48.5 Å². The van der Waals surface area contributed by atoms with Gasteiger partial charge in [0.1, 0.15) is 18.2 Å². The molecule has 0 unspecified atom stereocenters. The number of rotatable bonds is 8. The zero-order chi connectivity index (χ0) is 23.3. The number of imidazole rings is 1. The molecule has 0 spiro atoms. The van der Waals surface area contributed by atoms with Crippen LogP contribution in [0.2, 0.25) is 0 Å². The fourth-order valence-electron chi connectivity index (χ4n) is 4.68. The van der Waals surface area contributed by atoms with Gasteiger partial charge < -0.3 is 14.6 Å². The predicted molar refractivity (Wildman–Crippen MR) is 134 cm³/mol. The van der Waals surface area contributed by atoms with E-state index in [4.69, 9.17) is 9.72 Å². The Morgan fingerprint density at radius 3 is 2.52 bits per heavy atom. The molecule has 4 rings (SSSR count). The smallest absolute Gasteiger partial charge is 0.223 e. The van der Waals surface area contributed by atoms with Crippen molar-refractivity contribution in [1.29, 1.82) is 0 Å². The highest BCUT2D eigenvalue weighted by Gasteiger charge is 2.21. The molecule has 176 valence electrons. The van der Waals surface area contributed by atoms with Crippen LogP contribution in [0.25, 0.3) is 11.0 Å². The van der Waals surface area contributed by atoms with E-state index in [1.165, 1.54) is 24.8 Å². The molecule has 3 aromatic rings. The number of carbonyl (C=O) groups is 1. The van der Waals surface area contributed by atoms with Gasteiger partial charge in [-0.05, 0) is 48.1 Å². The summed E-state index contributed by atoms with van der Waals surface area (Å²) in [5.74, 6) is 2.27. The van der Waals surface area contributed by atoms with Crippen molar-refractivity contribution >= 4 is 16.9 Å². The summed E-state index contributed by atoms with van der Waals surface area (Å²) in [7, 11) is 0. The number of carbonyl (C=O) groups excluding carboxylic acids is 1. The summed E-state index contributed by atoms with van der Waals surface area (Å²) in [5.41, 5.74) is 3.53. The summed E-state index contributed by atoms with van der Waals surface area (Å²) in [6, 6.07) is 16.6. The minimum absolute atomic E-state index is 0.134. The molecule has 0 bridgehead atoms. The third-order valence-corrected chi connectivity index (χ3v) is 6.66. The maximum atomic E-state index is 12.5. The largest absolute Gasteiger partial charge is 0.492 e. The number of ether oxygens (including phenoxy) is 1. The molecular formula is C28H37N3O2. The first-order valence-corrected chi connectivity index (χ1v) is 12.4. The second-order valence-corrected chi connectivity index (χ2v) is 10.2. The van der Waals surface area contributed by atoms with Gasteiger partial charge in [-0.1, -0.05) is 64.3 Å². The first kappa shape index (κ1) is 23.3. The lowest BCUT2D eigenvalue weighted by Gasteiger charge is -2.20. The van der Waals surface area contributed by atoms with Crippen LogP contribution in [0, 0.1) is 5.92 Å². The van der Waals surface area contributed by atoms with Gasteiger partial charge in [0.25, 0.3) is 0 Å². The van der Waals surface area contributed by atoms with Crippen molar-refractivity contribution in [3.05, 3.63) is 59.9 Å². The molecule has 1 saturated carbocycles. The molecule has 5 nitrogen and oxygen atoms in total. The summed E-state index contributed by atoms with van der Waals surface area (Å²) >= 11 is 0. The molecule has 0 atom stereocenters. The topological polar surface area (TPSA) is 56.1 Å². The van der Waals surface area contributed by atoms with Crippen LogP contribution < -0.4 is 10.1 Å². The van der Waals surface area contributed by atoms with E-state index in [1.54, 1.807) is 0 Å². The Labute approximate surface area is 197 Å². The van der Waals surface area contributed by atoms with Gasteiger partial charge in [0.15, 0.2) is 0 Å². The molecule has 1 amide bonds. The van der Waals surface area contributed by atoms with Crippen LogP contribution >= 0.6 is 0 Å². The van der Waals surface area contributed by atoms with Crippen molar-refractivity contribution in [1.82, 2.24) is 14.9 Å². The Morgan fingerprint density at radius 2 is 1.79 bits per heavy atom. The lowest BCUT2D eigenvalue weighted by atomic mass is 9.87. The lowest BCUT2D eigenvalue weighted by Crippen LogP contribution is -2.33. The first-order valence-electron chi connectivity index (χ1n) is 12.4. The molecule has 2 aromatic carbocycles. The number of amides is 1. The van der Waals surface area contributed by atoms with Crippen molar-refractivity contribution in [2.24, 2.45) is 5.92 Å². The molecule has 33 heavy (non-hydrogen) atoms. The van der Waals surface area contributed by atoms with Crippen molar-refractivity contribution in [3.63, 3.8) is 0 Å². The number of para-hydroxylation sites is 2. The highest BCUT2D eigenvalue weighted by Crippen LogP contribution is 2.25. The molecular weight excluding hydrogens is 410 g/mol. The number of fused-ring (bicyclic) bond motifs is 1. The second-order valence-electron chi connectivity index (χ2n) is 10.2. The van der Waals surface area contributed by atoms with Crippen LogP contribution in [0.3, 0.4) is 0 Å². The minimum atomic E-state index is 0.134. The minimum Gasteiger partial charge on any atom is -0.492 e. The highest BCUT2D eigenvalue weighted by atomic mass is 16.5. The molecule has 1 aromatic heterocycles. The average molecular weight is 448 g/mol. The van der Waals surface area contributed by atoms with Gasteiger partial charge in [0.2, 0.25) is 5.91 Å². The summed E-state index contributed by atoms with van der Waals surface area (Å²) in [5, 5.41) is 3.15. The Morgan fingerprint density at radius 1 is 1.06 bits per heavy atom. The van der Waals surface area contributed by atoms with Gasteiger partial charge in [-0.15, -0.1) is 0 Å². The highest BCUT2D eigenvalue weighted by molar-refractivity contribution is 5.78. The molecule has 1 fully saturated rings. The Bertz CT molecular complexity index is 1060. The Hall–Kier alpha value is -2.82. The van der Waals surface area contributed by atoms with Gasteiger partial charge in [-0.2, -0.15) is 0 Å². The van der Waals surface area contributed by atoms with Crippen LogP contribution in [0.5, 0.6) is 5.75 Å². The number of nitrogens with one attached hydrogen (secondary N) is 1. The van der Waals surface area contributed by atoms with Gasteiger partial charge in [-0.3, -0.25) is 4.79 Å². The Kier molecular flexibility index (Phi) is 7.36. The molecule has 0 aliphatic heterocycles. The summed E-state index contributed by atoms with van der Waals surface area (Å²) in [6.07, 6.45) is 6.38. The molecule has 0 radical (unpaired) electrons. The predicted octanol–water partition coefficient (Wildman–Crippen LogP) is 5.65. The number of aromatic nitrogens is 2. The van der Waals surface area contributed by atoms with Crippen molar-refractivity contribution in [3.8, 4) is 5.75 Å². The van der Waals surface area contributed by atoms with Crippen molar-refractivity contribution < 1.29 is 9.53 Å². The zero-order valence-electron chi connectivity index (χ0n) is 20.3. The molecule has 1 heterocycles. The van der Waals surface area contributed by atoms with Gasteiger partial charge in [0.05, 0.1) is 17.6 Å². The van der Waals surface area contributed by atoms with Crippen molar-refractivity contribution in [2.75, 3.05) is 13.2 Å². The molecule has 1 aliphatic carbocycles. The lowest BCUT2D eigenvalue weighted by molar-refractivity contribution is -0.125. The van der Waals surface area contributed by atoms with E-state index < -0.39 is 0 Å². The fourth-order valence-corrected chi connectivity index (χ4v) is 4.68. The average Bonchev–Trinajstić information content (AvgIpc) is 3.17. The van der Waals surface area contributed by atoms with Crippen LogP contribution in [-0.2, 0) is 23.2 Å². The first-order chi connectivity index (χ1) is 15.9. The standard InChI is InChI=1S/C28H37N3O2/c1-28(2,3)22-13-15-23(16-14-22)33-20-19-31-25-12-8-7-11-24(25)30-26(31)17-18-29-27(32)21-9-5-4-6-10-21/h7-8,11-16,21H,4-6,9-10,17-20H2,1-3H3,(H,29,32). The van der Waals surface area contributed by atoms with E-state index in [2.05, 4.69) is 48.9 Å². The molecule has 1 N–H and O–H groups in total. The third kappa shape index (κ3) is 5.95. The van der Waals surface area contributed by atoms with Gasteiger partial charge >= 0.3 is 0 Å².